The van der Waals surface area contributed by atoms with E-state index in [1.165, 1.54) is 30.5 Å². The number of benzene rings is 1. The Morgan fingerprint density at radius 3 is 3.00 bits per heavy atom. The topological polar surface area (TPSA) is 28.2 Å². The van der Waals surface area contributed by atoms with Gasteiger partial charge in [-0.3, -0.25) is 4.98 Å². The summed E-state index contributed by atoms with van der Waals surface area (Å²) in [5, 5.41) is 4.96. The lowest BCUT2D eigenvalue weighted by molar-refractivity contribution is 0.174. The van der Waals surface area contributed by atoms with Crippen LogP contribution in [-0.2, 0) is 6.54 Å². The second kappa shape index (κ2) is 5.90. The molecule has 2 heterocycles. The van der Waals surface area contributed by atoms with Gasteiger partial charge in [-0.1, -0.05) is 31.2 Å². The average Bonchev–Trinajstić information content (AvgIpc) is 2.46. The predicted molar refractivity (Wildman–Crippen MR) is 83.6 cm³/mol. The number of rotatable bonds is 3. The third-order valence-electron chi connectivity index (χ3n) is 4.38. The molecular formula is C17H23N3. The van der Waals surface area contributed by atoms with E-state index in [-0.39, 0.29) is 0 Å². The van der Waals surface area contributed by atoms with Crippen molar-refractivity contribution in [2.24, 2.45) is 5.92 Å². The first-order valence-corrected chi connectivity index (χ1v) is 7.48. The molecular weight excluding hydrogens is 246 g/mol. The Labute approximate surface area is 121 Å². The standard InChI is InChI=1S/C17H23N3/c1-13-12-20(2)10-8-16(13)19-11-15-6-3-5-14-7-4-9-18-17(14)15/h3-7,9,13,16,19H,8,10-12H2,1-2H3. The number of para-hydroxylation sites is 1. The number of nitrogens with one attached hydrogen (secondary N) is 1. The molecule has 106 valence electrons. The molecule has 0 spiro atoms. The van der Waals surface area contributed by atoms with Crippen molar-refractivity contribution >= 4 is 10.9 Å². The number of nitrogens with zero attached hydrogens (tertiary/aromatic N) is 2. The van der Waals surface area contributed by atoms with Crippen molar-refractivity contribution in [3.8, 4) is 0 Å². The molecule has 1 fully saturated rings. The van der Waals surface area contributed by atoms with E-state index in [9.17, 15) is 0 Å². The smallest absolute Gasteiger partial charge is 0.0746 e. The molecule has 2 atom stereocenters. The van der Waals surface area contributed by atoms with Gasteiger partial charge < -0.3 is 10.2 Å². The lowest BCUT2D eigenvalue weighted by Gasteiger charge is -2.35. The highest BCUT2D eigenvalue weighted by atomic mass is 15.1. The van der Waals surface area contributed by atoms with E-state index in [2.05, 4.69) is 53.4 Å². The minimum atomic E-state index is 0.616. The van der Waals surface area contributed by atoms with E-state index in [1.807, 2.05) is 12.3 Å². The number of piperidine rings is 1. The molecule has 3 rings (SSSR count). The number of fused-ring (bicyclic) bond motifs is 1. The van der Waals surface area contributed by atoms with Crippen LogP contribution < -0.4 is 5.32 Å². The lowest BCUT2D eigenvalue weighted by atomic mass is 9.94. The van der Waals surface area contributed by atoms with Crippen molar-refractivity contribution in [3.05, 3.63) is 42.1 Å². The van der Waals surface area contributed by atoms with Gasteiger partial charge in [0.05, 0.1) is 5.52 Å². The second-order valence-corrected chi connectivity index (χ2v) is 6.01. The fraction of sp³-hybridized carbons (Fsp3) is 0.471. The minimum Gasteiger partial charge on any atom is -0.309 e. The Morgan fingerprint density at radius 1 is 1.30 bits per heavy atom. The molecule has 1 aromatic heterocycles. The zero-order valence-corrected chi connectivity index (χ0v) is 12.3. The van der Waals surface area contributed by atoms with Crippen molar-refractivity contribution in [3.63, 3.8) is 0 Å². The van der Waals surface area contributed by atoms with E-state index >= 15 is 0 Å². The fourth-order valence-corrected chi connectivity index (χ4v) is 3.21. The van der Waals surface area contributed by atoms with Gasteiger partial charge in [-0.2, -0.15) is 0 Å². The van der Waals surface area contributed by atoms with Crippen molar-refractivity contribution in [2.45, 2.75) is 25.9 Å². The van der Waals surface area contributed by atoms with Crippen LogP contribution in [0.3, 0.4) is 0 Å². The Hall–Kier alpha value is -1.45. The molecule has 1 aromatic carbocycles. The summed E-state index contributed by atoms with van der Waals surface area (Å²) in [5.74, 6) is 0.705. The monoisotopic (exact) mass is 269 g/mol. The third-order valence-corrected chi connectivity index (χ3v) is 4.38. The molecule has 1 aliphatic rings. The summed E-state index contributed by atoms with van der Waals surface area (Å²) in [6.45, 7) is 5.63. The Balaban J connectivity index is 1.71. The van der Waals surface area contributed by atoms with Crippen LogP contribution in [0.1, 0.15) is 18.9 Å². The summed E-state index contributed by atoms with van der Waals surface area (Å²) in [7, 11) is 2.21. The van der Waals surface area contributed by atoms with Gasteiger partial charge in [0.15, 0.2) is 0 Å². The molecule has 0 radical (unpaired) electrons. The molecule has 0 aliphatic carbocycles. The predicted octanol–water partition coefficient (Wildman–Crippen LogP) is 2.66. The van der Waals surface area contributed by atoms with E-state index in [0.717, 1.165) is 12.1 Å². The highest BCUT2D eigenvalue weighted by Crippen LogP contribution is 2.19. The second-order valence-electron chi connectivity index (χ2n) is 6.01. The van der Waals surface area contributed by atoms with Crippen molar-refractivity contribution in [1.29, 1.82) is 0 Å². The van der Waals surface area contributed by atoms with Gasteiger partial charge in [0.2, 0.25) is 0 Å². The zero-order chi connectivity index (χ0) is 13.9. The van der Waals surface area contributed by atoms with Crippen molar-refractivity contribution < 1.29 is 0 Å². The first-order chi connectivity index (χ1) is 9.74. The molecule has 3 nitrogen and oxygen atoms in total. The SMILES string of the molecule is CC1CN(C)CCC1NCc1cccc2cccnc12. The number of hydrogen-bond acceptors (Lipinski definition) is 3. The summed E-state index contributed by atoms with van der Waals surface area (Å²) >= 11 is 0. The molecule has 1 N–H and O–H groups in total. The number of pyridine rings is 1. The Kier molecular flexibility index (Phi) is 3.99. The normalized spacial score (nSPS) is 24.1. The maximum absolute atomic E-state index is 4.53. The van der Waals surface area contributed by atoms with Crippen molar-refractivity contribution in [1.82, 2.24) is 15.2 Å². The van der Waals surface area contributed by atoms with Crippen molar-refractivity contribution in [2.75, 3.05) is 20.1 Å². The molecule has 1 aliphatic heterocycles. The molecule has 2 unspecified atom stereocenters. The first-order valence-electron chi connectivity index (χ1n) is 7.48. The highest BCUT2D eigenvalue weighted by molar-refractivity contribution is 5.81. The molecule has 0 amide bonds. The van der Waals surface area contributed by atoms with Crippen LogP contribution >= 0.6 is 0 Å². The number of likely N-dealkylation sites (tertiary alicyclic amines) is 1. The quantitative estimate of drug-likeness (QED) is 0.928. The molecule has 0 bridgehead atoms. The van der Waals surface area contributed by atoms with E-state index in [0.29, 0.717) is 12.0 Å². The van der Waals surface area contributed by atoms with Crippen LogP contribution in [0.5, 0.6) is 0 Å². The van der Waals surface area contributed by atoms with Gasteiger partial charge in [-0.15, -0.1) is 0 Å². The maximum Gasteiger partial charge on any atom is 0.0746 e. The molecule has 3 heteroatoms. The van der Waals surface area contributed by atoms with Crippen LogP contribution in [0, 0.1) is 5.92 Å². The van der Waals surface area contributed by atoms with Crippen LogP contribution in [0.2, 0.25) is 0 Å². The number of hydrogen-bond donors (Lipinski definition) is 1. The average molecular weight is 269 g/mol. The molecule has 20 heavy (non-hydrogen) atoms. The first kappa shape index (κ1) is 13.5. The van der Waals surface area contributed by atoms with E-state index < -0.39 is 0 Å². The molecule has 0 saturated carbocycles. The zero-order valence-electron chi connectivity index (χ0n) is 12.3. The van der Waals surface area contributed by atoms with E-state index in [1.54, 1.807) is 0 Å². The lowest BCUT2D eigenvalue weighted by Crippen LogP contribution is -2.46. The summed E-state index contributed by atoms with van der Waals surface area (Å²) in [6, 6.07) is 11.2. The van der Waals surface area contributed by atoms with Gasteiger partial charge in [0.25, 0.3) is 0 Å². The summed E-state index contributed by atoms with van der Waals surface area (Å²) in [4.78, 5) is 6.95. The third kappa shape index (κ3) is 2.84. The van der Waals surface area contributed by atoms with Crippen LogP contribution in [-0.4, -0.2) is 36.1 Å². The minimum absolute atomic E-state index is 0.616. The maximum atomic E-state index is 4.53. The van der Waals surface area contributed by atoms with E-state index in [4.69, 9.17) is 0 Å². The van der Waals surface area contributed by atoms with Gasteiger partial charge in [0, 0.05) is 30.7 Å². The van der Waals surface area contributed by atoms with Gasteiger partial charge in [-0.25, -0.2) is 0 Å². The van der Waals surface area contributed by atoms with Gasteiger partial charge >= 0.3 is 0 Å². The Bertz CT molecular complexity index is 576. The molecule has 2 aromatic rings. The molecule has 1 saturated heterocycles. The van der Waals surface area contributed by atoms with Gasteiger partial charge in [-0.05, 0) is 37.6 Å². The van der Waals surface area contributed by atoms with Gasteiger partial charge in [0.1, 0.15) is 0 Å². The summed E-state index contributed by atoms with van der Waals surface area (Å²) < 4.78 is 0. The largest absolute Gasteiger partial charge is 0.309 e. The number of aromatic nitrogens is 1. The van der Waals surface area contributed by atoms with Crippen LogP contribution in [0.25, 0.3) is 10.9 Å². The summed E-state index contributed by atoms with van der Waals surface area (Å²) in [6.07, 6.45) is 3.11. The van der Waals surface area contributed by atoms with Crippen LogP contribution in [0.4, 0.5) is 0 Å². The summed E-state index contributed by atoms with van der Waals surface area (Å²) in [5.41, 5.74) is 2.43. The van der Waals surface area contributed by atoms with Crippen LogP contribution in [0.15, 0.2) is 36.5 Å². The Morgan fingerprint density at radius 2 is 2.15 bits per heavy atom. The fourth-order valence-electron chi connectivity index (χ4n) is 3.21. The highest BCUT2D eigenvalue weighted by Gasteiger charge is 2.23.